The topological polar surface area (TPSA) is 21.3 Å². The number of hydrogen-bond acceptors (Lipinski definition) is 2. The minimum absolute atomic E-state index is 0.647. The molecule has 1 unspecified atom stereocenters. The van der Waals surface area contributed by atoms with Crippen LogP contribution < -0.4 is 5.32 Å². The average Bonchev–Trinajstić information content (AvgIpc) is 2.93. The van der Waals surface area contributed by atoms with Crippen molar-refractivity contribution in [1.82, 2.24) is 5.32 Å². The molecule has 1 aliphatic rings. The summed E-state index contributed by atoms with van der Waals surface area (Å²) in [6.07, 6.45) is 5.20. The van der Waals surface area contributed by atoms with Crippen molar-refractivity contribution < 1.29 is 4.74 Å². The highest BCUT2D eigenvalue weighted by atomic mass is 16.5. The van der Waals surface area contributed by atoms with Crippen LogP contribution in [0.25, 0.3) is 0 Å². The van der Waals surface area contributed by atoms with Gasteiger partial charge in [-0.1, -0.05) is 13.8 Å². The molecule has 0 radical (unpaired) electrons. The van der Waals surface area contributed by atoms with E-state index in [-0.39, 0.29) is 0 Å². The third-order valence-corrected chi connectivity index (χ3v) is 2.83. The quantitative estimate of drug-likeness (QED) is 0.595. The van der Waals surface area contributed by atoms with E-state index in [1.165, 1.54) is 19.3 Å². The number of nitrogens with one attached hydrogen (secondary N) is 1. The molecule has 2 heteroatoms. The van der Waals surface area contributed by atoms with E-state index < -0.39 is 0 Å². The van der Waals surface area contributed by atoms with Gasteiger partial charge in [0.05, 0.1) is 0 Å². The van der Waals surface area contributed by atoms with Crippen LogP contribution in [0.3, 0.4) is 0 Å². The predicted molar refractivity (Wildman–Crippen MR) is 65.1 cm³/mol. The van der Waals surface area contributed by atoms with Crippen LogP contribution in [0, 0.1) is 11.8 Å². The molecule has 2 nitrogen and oxygen atoms in total. The van der Waals surface area contributed by atoms with Gasteiger partial charge in [0.1, 0.15) is 0 Å². The lowest BCUT2D eigenvalue weighted by Gasteiger charge is -2.15. The standard InChI is InChI=1S/C13H27NO/c1-11(2)9-12(3)14-7-4-8-15-10-13-5-6-13/h11-14H,4-10H2,1-3H3. The van der Waals surface area contributed by atoms with Crippen molar-refractivity contribution in [3.8, 4) is 0 Å². The van der Waals surface area contributed by atoms with Crippen LogP contribution >= 0.6 is 0 Å². The van der Waals surface area contributed by atoms with E-state index in [0.29, 0.717) is 6.04 Å². The molecular weight excluding hydrogens is 186 g/mol. The Labute approximate surface area is 94.8 Å². The molecule has 0 bridgehead atoms. The van der Waals surface area contributed by atoms with Crippen molar-refractivity contribution in [2.24, 2.45) is 11.8 Å². The highest BCUT2D eigenvalue weighted by molar-refractivity contribution is 4.71. The molecule has 15 heavy (non-hydrogen) atoms. The molecule has 0 aliphatic heterocycles. The third kappa shape index (κ3) is 7.80. The highest BCUT2D eigenvalue weighted by Crippen LogP contribution is 2.28. The zero-order valence-electron chi connectivity index (χ0n) is 10.6. The Morgan fingerprint density at radius 2 is 2.00 bits per heavy atom. The minimum atomic E-state index is 0.647. The van der Waals surface area contributed by atoms with Gasteiger partial charge in [0, 0.05) is 19.3 Å². The van der Waals surface area contributed by atoms with Gasteiger partial charge in [0.15, 0.2) is 0 Å². The first-order valence-corrected chi connectivity index (χ1v) is 6.49. The van der Waals surface area contributed by atoms with Crippen LogP contribution in [-0.2, 0) is 4.74 Å². The largest absolute Gasteiger partial charge is 0.381 e. The van der Waals surface area contributed by atoms with Crippen molar-refractivity contribution in [2.45, 2.75) is 52.5 Å². The van der Waals surface area contributed by atoms with Crippen molar-refractivity contribution in [3.63, 3.8) is 0 Å². The summed E-state index contributed by atoms with van der Waals surface area (Å²) in [6.45, 7) is 9.84. The first-order chi connectivity index (χ1) is 7.18. The molecule has 0 spiro atoms. The number of ether oxygens (including phenoxy) is 1. The minimum Gasteiger partial charge on any atom is -0.381 e. The van der Waals surface area contributed by atoms with E-state index >= 15 is 0 Å². The monoisotopic (exact) mass is 213 g/mol. The summed E-state index contributed by atoms with van der Waals surface area (Å²) < 4.78 is 5.58. The Kier molecular flexibility index (Phi) is 6.26. The summed E-state index contributed by atoms with van der Waals surface area (Å²) in [5.74, 6) is 1.69. The number of hydrogen-bond donors (Lipinski definition) is 1. The smallest absolute Gasteiger partial charge is 0.0494 e. The van der Waals surface area contributed by atoms with Gasteiger partial charge in [0.2, 0.25) is 0 Å². The van der Waals surface area contributed by atoms with Gasteiger partial charge in [-0.05, 0) is 51.0 Å². The van der Waals surface area contributed by atoms with Crippen LogP contribution in [0.15, 0.2) is 0 Å². The normalized spacial score (nSPS) is 18.4. The van der Waals surface area contributed by atoms with Gasteiger partial charge in [-0.3, -0.25) is 0 Å². The Hall–Kier alpha value is -0.0800. The van der Waals surface area contributed by atoms with Crippen molar-refractivity contribution >= 4 is 0 Å². The first kappa shape index (κ1) is 13.0. The van der Waals surface area contributed by atoms with E-state index in [9.17, 15) is 0 Å². The molecule has 1 aliphatic carbocycles. The van der Waals surface area contributed by atoms with Crippen LogP contribution in [0.4, 0.5) is 0 Å². The molecule has 0 aromatic rings. The van der Waals surface area contributed by atoms with Gasteiger partial charge < -0.3 is 10.1 Å². The Morgan fingerprint density at radius 1 is 1.27 bits per heavy atom. The lowest BCUT2D eigenvalue weighted by Crippen LogP contribution is -2.28. The SMILES string of the molecule is CC(C)CC(C)NCCCOCC1CC1. The van der Waals surface area contributed by atoms with E-state index in [4.69, 9.17) is 4.74 Å². The van der Waals surface area contributed by atoms with E-state index in [1.807, 2.05) is 0 Å². The summed E-state index contributed by atoms with van der Waals surface area (Å²) in [7, 11) is 0. The number of rotatable bonds is 9. The first-order valence-electron chi connectivity index (χ1n) is 6.49. The second-order valence-electron chi connectivity index (χ2n) is 5.36. The maximum Gasteiger partial charge on any atom is 0.0494 e. The van der Waals surface area contributed by atoms with E-state index in [1.54, 1.807) is 0 Å². The molecule has 1 saturated carbocycles. The molecular formula is C13H27NO. The van der Waals surface area contributed by atoms with E-state index in [2.05, 4.69) is 26.1 Å². The molecule has 1 atom stereocenters. The molecule has 0 amide bonds. The highest BCUT2D eigenvalue weighted by Gasteiger charge is 2.20. The molecule has 0 aromatic carbocycles. The van der Waals surface area contributed by atoms with Gasteiger partial charge in [-0.25, -0.2) is 0 Å². The lowest BCUT2D eigenvalue weighted by atomic mass is 10.1. The van der Waals surface area contributed by atoms with Crippen LogP contribution in [0.5, 0.6) is 0 Å². The average molecular weight is 213 g/mol. The van der Waals surface area contributed by atoms with Crippen molar-refractivity contribution in [3.05, 3.63) is 0 Å². The van der Waals surface area contributed by atoms with Gasteiger partial charge >= 0.3 is 0 Å². The molecule has 0 heterocycles. The summed E-state index contributed by atoms with van der Waals surface area (Å²) >= 11 is 0. The molecule has 0 aromatic heterocycles. The van der Waals surface area contributed by atoms with Crippen LogP contribution in [-0.4, -0.2) is 25.8 Å². The van der Waals surface area contributed by atoms with Crippen molar-refractivity contribution in [2.75, 3.05) is 19.8 Å². The zero-order valence-corrected chi connectivity index (χ0v) is 10.6. The maximum atomic E-state index is 5.58. The van der Waals surface area contributed by atoms with Crippen LogP contribution in [0.2, 0.25) is 0 Å². The summed E-state index contributed by atoms with van der Waals surface area (Å²) in [5.41, 5.74) is 0. The van der Waals surface area contributed by atoms with Gasteiger partial charge in [-0.15, -0.1) is 0 Å². The Balaban J connectivity index is 1.78. The maximum absolute atomic E-state index is 5.58. The summed E-state index contributed by atoms with van der Waals surface area (Å²) in [6, 6.07) is 0.647. The van der Waals surface area contributed by atoms with E-state index in [0.717, 1.165) is 38.0 Å². The summed E-state index contributed by atoms with van der Waals surface area (Å²) in [5, 5.41) is 3.54. The zero-order chi connectivity index (χ0) is 11.1. The summed E-state index contributed by atoms with van der Waals surface area (Å²) in [4.78, 5) is 0. The van der Waals surface area contributed by atoms with Gasteiger partial charge in [0.25, 0.3) is 0 Å². The second kappa shape index (κ2) is 7.24. The second-order valence-corrected chi connectivity index (χ2v) is 5.36. The fraction of sp³-hybridized carbons (Fsp3) is 1.00. The fourth-order valence-electron chi connectivity index (χ4n) is 1.85. The molecule has 1 N–H and O–H groups in total. The predicted octanol–water partition coefficient (Wildman–Crippen LogP) is 2.83. The molecule has 1 fully saturated rings. The Morgan fingerprint density at radius 3 is 2.60 bits per heavy atom. The molecule has 0 saturated heterocycles. The molecule has 90 valence electrons. The fourth-order valence-corrected chi connectivity index (χ4v) is 1.85. The van der Waals surface area contributed by atoms with Gasteiger partial charge in [-0.2, -0.15) is 0 Å². The van der Waals surface area contributed by atoms with Crippen LogP contribution in [0.1, 0.15) is 46.5 Å². The Bertz CT molecular complexity index is 155. The third-order valence-electron chi connectivity index (χ3n) is 2.83. The van der Waals surface area contributed by atoms with Crippen molar-refractivity contribution in [1.29, 1.82) is 0 Å². The molecule has 1 rings (SSSR count). The lowest BCUT2D eigenvalue weighted by molar-refractivity contribution is 0.121.